The number of hydrogen-bond acceptors (Lipinski definition) is 4. The summed E-state index contributed by atoms with van der Waals surface area (Å²) in [7, 11) is 3.15. The summed E-state index contributed by atoms with van der Waals surface area (Å²) in [4.78, 5) is 8.17. The summed E-state index contributed by atoms with van der Waals surface area (Å²) < 4.78 is 10.9. The second-order valence-corrected chi connectivity index (χ2v) is 4.52. The molecule has 0 aliphatic heterocycles. The van der Waals surface area contributed by atoms with Crippen LogP contribution >= 0.6 is 27.5 Å². The van der Waals surface area contributed by atoms with Gasteiger partial charge in [-0.25, -0.2) is 4.98 Å². The predicted molar refractivity (Wildman–Crippen MR) is 73.3 cm³/mol. The average Bonchev–Trinajstić information content (AvgIpc) is 2.41. The molecule has 0 saturated heterocycles. The van der Waals surface area contributed by atoms with E-state index in [1.165, 1.54) is 7.11 Å². The summed E-state index contributed by atoms with van der Waals surface area (Å²) in [6, 6.07) is 7.48. The topological polar surface area (TPSA) is 44.2 Å². The van der Waals surface area contributed by atoms with Crippen LogP contribution in [0.2, 0.25) is 5.28 Å². The molecule has 1 aromatic heterocycles. The third kappa shape index (κ3) is 2.57. The summed E-state index contributed by atoms with van der Waals surface area (Å²) in [5.74, 6) is 1.18. The van der Waals surface area contributed by atoms with Crippen molar-refractivity contribution in [2.75, 3.05) is 14.2 Å². The van der Waals surface area contributed by atoms with Crippen LogP contribution in [0, 0.1) is 0 Å². The van der Waals surface area contributed by atoms with Crippen molar-refractivity contribution >= 4 is 27.5 Å². The molecule has 1 aromatic carbocycles. The highest BCUT2D eigenvalue weighted by Gasteiger charge is 2.13. The molecule has 0 bridgehead atoms. The molecule has 94 valence electrons. The molecule has 0 saturated carbocycles. The molecule has 0 aliphatic carbocycles. The SMILES string of the molecule is COc1ccc(-c2nc(Cl)nc(OC)c2Br)cc1. The molecule has 0 unspecified atom stereocenters. The molecule has 2 rings (SSSR count). The van der Waals surface area contributed by atoms with Crippen LogP contribution in [-0.2, 0) is 0 Å². The second kappa shape index (κ2) is 5.54. The van der Waals surface area contributed by atoms with Crippen LogP contribution in [0.4, 0.5) is 0 Å². The Hall–Kier alpha value is -1.33. The van der Waals surface area contributed by atoms with Crippen molar-refractivity contribution in [3.05, 3.63) is 34.0 Å². The molecular formula is C12H10BrClN2O2. The molecule has 2 aromatic rings. The lowest BCUT2D eigenvalue weighted by Crippen LogP contribution is -1.95. The van der Waals surface area contributed by atoms with E-state index in [1.54, 1.807) is 7.11 Å². The van der Waals surface area contributed by atoms with Crippen LogP contribution in [0.15, 0.2) is 28.7 Å². The summed E-state index contributed by atoms with van der Waals surface area (Å²) in [5, 5.41) is 0.140. The van der Waals surface area contributed by atoms with E-state index < -0.39 is 0 Å². The Morgan fingerprint density at radius 1 is 1.06 bits per heavy atom. The van der Waals surface area contributed by atoms with Gasteiger partial charge in [-0.2, -0.15) is 4.98 Å². The zero-order chi connectivity index (χ0) is 13.1. The Morgan fingerprint density at radius 3 is 2.28 bits per heavy atom. The van der Waals surface area contributed by atoms with E-state index in [2.05, 4.69) is 25.9 Å². The van der Waals surface area contributed by atoms with Crippen molar-refractivity contribution in [2.45, 2.75) is 0 Å². The largest absolute Gasteiger partial charge is 0.497 e. The van der Waals surface area contributed by atoms with Gasteiger partial charge in [-0.15, -0.1) is 0 Å². The van der Waals surface area contributed by atoms with Crippen molar-refractivity contribution in [3.63, 3.8) is 0 Å². The molecule has 1 heterocycles. The number of aromatic nitrogens is 2. The Morgan fingerprint density at radius 2 is 1.72 bits per heavy atom. The van der Waals surface area contributed by atoms with Gasteiger partial charge in [-0.05, 0) is 51.8 Å². The van der Waals surface area contributed by atoms with Gasteiger partial charge in [0, 0.05) is 5.56 Å². The molecule has 0 N–H and O–H groups in total. The third-order valence-corrected chi connectivity index (χ3v) is 3.23. The van der Waals surface area contributed by atoms with Gasteiger partial charge in [0.1, 0.15) is 10.2 Å². The van der Waals surface area contributed by atoms with E-state index in [1.807, 2.05) is 24.3 Å². The molecule has 0 spiro atoms. The Labute approximate surface area is 118 Å². The number of benzene rings is 1. The van der Waals surface area contributed by atoms with Crippen molar-refractivity contribution < 1.29 is 9.47 Å². The minimum atomic E-state index is 0.140. The normalized spacial score (nSPS) is 10.2. The van der Waals surface area contributed by atoms with Crippen molar-refractivity contribution in [3.8, 4) is 22.9 Å². The lowest BCUT2D eigenvalue weighted by Gasteiger charge is -2.08. The number of rotatable bonds is 3. The lowest BCUT2D eigenvalue weighted by molar-refractivity contribution is 0.394. The Kier molecular flexibility index (Phi) is 4.04. The zero-order valence-electron chi connectivity index (χ0n) is 9.78. The molecule has 0 fully saturated rings. The minimum absolute atomic E-state index is 0.140. The van der Waals surface area contributed by atoms with E-state index in [4.69, 9.17) is 21.1 Å². The maximum atomic E-state index is 5.86. The van der Waals surface area contributed by atoms with Crippen LogP contribution in [0.1, 0.15) is 0 Å². The molecule has 18 heavy (non-hydrogen) atoms. The van der Waals surface area contributed by atoms with Gasteiger partial charge in [-0.1, -0.05) is 0 Å². The molecular weight excluding hydrogens is 320 g/mol. The first kappa shape index (κ1) is 13.1. The predicted octanol–water partition coefficient (Wildman–Crippen LogP) is 3.58. The standard InChI is InChI=1S/C12H10BrClN2O2/c1-17-8-5-3-7(4-6-8)10-9(13)11(18-2)16-12(14)15-10/h3-6H,1-2H3. The van der Waals surface area contributed by atoms with Gasteiger partial charge in [0.2, 0.25) is 11.2 Å². The molecule has 0 aliphatic rings. The highest BCUT2D eigenvalue weighted by Crippen LogP contribution is 2.34. The summed E-state index contributed by atoms with van der Waals surface area (Å²) in [6.45, 7) is 0. The van der Waals surface area contributed by atoms with Gasteiger partial charge in [-0.3, -0.25) is 0 Å². The number of nitrogens with zero attached hydrogens (tertiary/aromatic N) is 2. The van der Waals surface area contributed by atoms with Crippen LogP contribution in [-0.4, -0.2) is 24.2 Å². The number of ether oxygens (including phenoxy) is 2. The first-order valence-corrected chi connectivity index (χ1v) is 6.24. The maximum Gasteiger partial charge on any atom is 0.232 e. The van der Waals surface area contributed by atoms with E-state index >= 15 is 0 Å². The minimum Gasteiger partial charge on any atom is -0.497 e. The van der Waals surface area contributed by atoms with Gasteiger partial charge < -0.3 is 9.47 Å². The molecule has 0 amide bonds. The highest BCUT2D eigenvalue weighted by atomic mass is 79.9. The van der Waals surface area contributed by atoms with E-state index in [0.717, 1.165) is 11.3 Å². The Bertz CT molecular complexity index is 561. The summed E-state index contributed by atoms with van der Waals surface area (Å²) in [5.41, 5.74) is 1.57. The van der Waals surface area contributed by atoms with Crippen LogP contribution in [0.5, 0.6) is 11.6 Å². The number of hydrogen-bond donors (Lipinski definition) is 0. The quantitative estimate of drug-likeness (QED) is 0.807. The number of halogens is 2. The van der Waals surface area contributed by atoms with Crippen molar-refractivity contribution in [1.82, 2.24) is 9.97 Å². The van der Waals surface area contributed by atoms with Gasteiger partial charge in [0.25, 0.3) is 0 Å². The summed E-state index contributed by atoms with van der Waals surface area (Å²) in [6.07, 6.45) is 0. The molecule has 0 atom stereocenters. The number of methoxy groups -OCH3 is 2. The maximum absolute atomic E-state index is 5.86. The fourth-order valence-corrected chi connectivity index (χ4v) is 2.21. The van der Waals surface area contributed by atoms with E-state index in [0.29, 0.717) is 16.0 Å². The monoisotopic (exact) mass is 328 g/mol. The first-order chi connectivity index (χ1) is 8.65. The van der Waals surface area contributed by atoms with E-state index in [-0.39, 0.29) is 5.28 Å². The third-order valence-electron chi connectivity index (χ3n) is 2.35. The van der Waals surface area contributed by atoms with Crippen LogP contribution < -0.4 is 9.47 Å². The van der Waals surface area contributed by atoms with E-state index in [9.17, 15) is 0 Å². The smallest absolute Gasteiger partial charge is 0.232 e. The van der Waals surface area contributed by atoms with Gasteiger partial charge >= 0.3 is 0 Å². The molecule has 0 radical (unpaired) electrons. The Balaban J connectivity index is 2.52. The molecule has 6 heteroatoms. The first-order valence-electron chi connectivity index (χ1n) is 5.07. The van der Waals surface area contributed by atoms with Crippen LogP contribution in [0.3, 0.4) is 0 Å². The fraction of sp³-hybridized carbons (Fsp3) is 0.167. The highest BCUT2D eigenvalue weighted by molar-refractivity contribution is 9.10. The van der Waals surface area contributed by atoms with Gasteiger partial charge in [0.15, 0.2) is 0 Å². The summed E-state index contributed by atoms with van der Waals surface area (Å²) >= 11 is 9.27. The van der Waals surface area contributed by atoms with Crippen LogP contribution in [0.25, 0.3) is 11.3 Å². The lowest BCUT2D eigenvalue weighted by atomic mass is 10.1. The fourth-order valence-electron chi connectivity index (χ4n) is 1.48. The van der Waals surface area contributed by atoms with Gasteiger partial charge in [0.05, 0.1) is 19.9 Å². The molecule has 4 nitrogen and oxygen atoms in total. The zero-order valence-corrected chi connectivity index (χ0v) is 12.1. The van der Waals surface area contributed by atoms with Crippen molar-refractivity contribution in [1.29, 1.82) is 0 Å². The second-order valence-electron chi connectivity index (χ2n) is 3.39. The van der Waals surface area contributed by atoms with Crippen molar-refractivity contribution in [2.24, 2.45) is 0 Å². The average molecular weight is 330 g/mol.